The smallest absolute Gasteiger partial charge is 0.232 e. The SMILES string of the molecule is Cc1cc(C)c2sc(N(CCC[NH+](C)C)C(=O)CCOc3ccccc3)nc2c1. The summed E-state index contributed by atoms with van der Waals surface area (Å²) in [7, 11) is 4.26. The molecule has 0 aliphatic rings. The van der Waals surface area contributed by atoms with E-state index >= 15 is 0 Å². The number of hydrogen-bond acceptors (Lipinski definition) is 4. The second-order valence-electron chi connectivity index (χ2n) is 7.69. The molecule has 0 saturated carbocycles. The van der Waals surface area contributed by atoms with Crippen molar-refractivity contribution in [2.45, 2.75) is 26.7 Å². The lowest BCUT2D eigenvalue weighted by molar-refractivity contribution is -0.858. The van der Waals surface area contributed by atoms with E-state index < -0.39 is 0 Å². The number of carbonyl (C=O) groups excluding carboxylic acids is 1. The first-order valence-electron chi connectivity index (χ1n) is 10.1. The molecule has 6 heteroatoms. The van der Waals surface area contributed by atoms with Crippen molar-refractivity contribution < 1.29 is 14.4 Å². The number of hydrogen-bond donors (Lipinski definition) is 1. The number of aromatic nitrogens is 1. The highest BCUT2D eigenvalue weighted by Gasteiger charge is 2.20. The van der Waals surface area contributed by atoms with Crippen molar-refractivity contribution in [3.63, 3.8) is 0 Å². The van der Waals surface area contributed by atoms with E-state index in [-0.39, 0.29) is 5.91 Å². The van der Waals surface area contributed by atoms with Crippen molar-refractivity contribution in [3.8, 4) is 5.75 Å². The molecule has 3 rings (SSSR count). The zero-order valence-electron chi connectivity index (χ0n) is 17.7. The van der Waals surface area contributed by atoms with E-state index in [4.69, 9.17) is 9.72 Å². The normalized spacial score (nSPS) is 11.2. The van der Waals surface area contributed by atoms with Gasteiger partial charge in [0, 0.05) is 13.0 Å². The maximum absolute atomic E-state index is 13.0. The van der Waals surface area contributed by atoms with Crippen LogP contribution in [0.4, 0.5) is 5.13 Å². The van der Waals surface area contributed by atoms with Crippen LogP contribution in [0.1, 0.15) is 24.0 Å². The maximum Gasteiger partial charge on any atom is 0.232 e. The van der Waals surface area contributed by atoms with Crippen LogP contribution in [0.2, 0.25) is 0 Å². The van der Waals surface area contributed by atoms with Gasteiger partial charge in [0.05, 0.1) is 43.9 Å². The van der Waals surface area contributed by atoms with Gasteiger partial charge in [-0.1, -0.05) is 35.6 Å². The van der Waals surface area contributed by atoms with E-state index in [2.05, 4.69) is 40.1 Å². The highest BCUT2D eigenvalue weighted by molar-refractivity contribution is 7.22. The molecular formula is C23H30N3O2S+. The van der Waals surface area contributed by atoms with E-state index in [1.807, 2.05) is 35.2 Å². The number of ether oxygens (including phenoxy) is 1. The lowest BCUT2D eigenvalue weighted by Gasteiger charge is -2.20. The van der Waals surface area contributed by atoms with E-state index in [1.54, 1.807) is 11.3 Å². The van der Waals surface area contributed by atoms with Crippen molar-refractivity contribution in [3.05, 3.63) is 53.6 Å². The molecule has 0 fully saturated rings. The van der Waals surface area contributed by atoms with E-state index in [0.717, 1.165) is 34.1 Å². The Bertz CT molecular complexity index is 953. The van der Waals surface area contributed by atoms with Gasteiger partial charge in [0.25, 0.3) is 0 Å². The molecule has 0 saturated heterocycles. The molecule has 0 spiro atoms. The lowest BCUT2D eigenvalue weighted by Crippen LogP contribution is -3.05. The molecule has 2 aromatic carbocycles. The van der Waals surface area contributed by atoms with Crippen molar-refractivity contribution in [1.29, 1.82) is 0 Å². The minimum atomic E-state index is 0.0584. The Kier molecular flexibility index (Phi) is 7.23. The zero-order chi connectivity index (χ0) is 20.8. The fourth-order valence-corrected chi connectivity index (χ4v) is 4.36. The number of rotatable bonds is 9. The molecule has 1 heterocycles. The number of fused-ring (bicyclic) bond motifs is 1. The quantitative estimate of drug-likeness (QED) is 0.587. The van der Waals surface area contributed by atoms with Crippen LogP contribution in [0, 0.1) is 13.8 Å². The van der Waals surface area contributed by atoms with Gasteiger partial charge in [-0.3, -0.25) is 9.69 Å². The van der Waals surface area contributed by atoms with Gasteiger partial charge in [-0.25, -0.2) is 4.98 Å². The average Bonchev–Trinajstić information content (AvgIpc) is 3.09. The Morgan fingerprint density at radius 1 is 1.17 bits per heavy atom. The number of thiazole rings is 1. The molecule has 1 amide bonds. The first kappa shape index (κ1) is 21.3. The van der Waals surface area contributed by atoms with Gasteiger partial charge >= 0.3 is 0 Å². The number of carbonyl (C=O) groups is 1. The summed E-state index contributed by atoms with van der Waals surface area (Å²) in [5.41, 5.74) is 3.37. The van der Waals surface area contributed by atoms with Crippen LogP contribution in [0.15, 0.2) is 42.5 Å². The summed E-state index contributed by atoms with van der Waals surface area (Å²) in [5, 5.41) is 0.784. The minimum Gasteiger partial charge on any atom is -0.493 e. The van der Waals surface area contributed by atoms with Gasteiger partial charge in [0.2, 0.25) is 5.91 Å². The van der Waals surface area contributed by atoms with Crippen LogP contribution < -0.4 is 14.5 Å². The Labute approximate surface area is 176 Å². The first-order chi connectivity index (χ1) is 13.9. The summed E-state index contributed by atoms with van der Waals surface area (Å²) in [5.74, 6) is 0.845. The summed E-state index contributed by atoms with van der Waals surface area (Å²) in [6.07, 6.45) is 1.26. The van der Waals surface area contributed by atoms with Gasteiger partial charge < -0.3 is 9.64 Å². The molecule has 0 aliphatic carbocycles. The standard InChI is InChI=1S/C23H29N3O2S/c1-17-15-18(2)22-20(16-17)24-23(29-22)26(13-8-12-25(3)4)21(27)11-14-28-19-9-6-5-7-10-19/h5-7,9-10,15-16H,8,11-14H2,1-4H3/p+1. The number of quaternary nitrogens is 1. The molecule has 0 unspecified atom stereocenters. The summed E-state index contributed by atoms with van der Waals surface area (Å²) in [6, 6.07) is 13.9. The highest BCUT2D eigenvalue weighted by atomic mass is 32.1. The zero-order valence-corrected chi connectivity index (χ0v) is 18.5. The number of nitrogens with one attached hydrogen (secondary N) is 1. The number of nitrogens with zero attached hydrogens (tertiary/aromatic N) is 2. The maximum atomic E-state index is 13.0. The van der Waals surface area contributed by atoms with E-state index in [1.165, 1.54) is 16.0 Å². The summed E-state index contributed by atoms with van der Waals surface area (Å²) >= 11 is 1.60. The lowest BCUT2D eigenvalue weighted by atomic mass is 10.1. The van der Waals surface area contributed by atoms with Crippen molar-refractivity contribution in [1.82, 2.24) is 4.98 Å². The van der Waals surface area contributed by atoms with Gasteiger partial charge in [-0.05, 0) is 43.2 Å². The second-order valence-corrected chi connectivity index (χ2v) is 8.67. The van der Waals surface area contributed by atoms with Gasteiger partial charge in [0.1, 0.15) is 5.75 Å². The Hall–Kier alpha value is -2.44. The monoisotopic (exact) mass is 412 g/mol. The minimum absolute atomic E-state index is 0.0584. The predicted octanol–water partition coefficient (Wildman–Crippen LogP) is 3.25. The Morgan fingerprint density at radius 3 is 2.66 bits per heavy atom. The fourth-order valence-electron chi connectivity index (χ4n) is 3.31. The topological polar surface area (TPSA) is 46.9 Å². The van der Waals surface area contributed by atoms with Crippen LogP contribution in [0.3, 0.4) is 0 Å². The summed E-state index contributed by atoms with van der Waals surface area (Å²) in [4.78, 5) is 21.1. The van der Waals surface area contributed by atoms with Crippen molar-refractivity contribution in [2.75, 3.05) is 38.7 Å². The number of benzene rings is 2. The van der Waals surface area contributed by atoms with Crippen LogP contribution in [-0.2, 0) is 4.79 Å². The highest BCUT2D eigenvalue weighted by Crippen LogP contribution is 2.32. The molecule has 3 aromatic rings. The van der Waals surface area contributed by atoms with Crippen LogP contribution in [0.25, 0.3) is 10.2 Å². The third-order valence-corrected chi connectivity index (χ3v) is 5.96. The molecular weight excluding hydrogens is 382 g/mol. The van der Waals surface area contributed by atoms with Crippen LogP contribution >= 0.6 is 11.3 Å². The van der Waals surface area contributed by atoms with Crippen molar-refractivity contribution in [2.24, 2.45) is 0 Å². The third-order valence-electron chi connectivity index (χ3n) is 4.73. The van der Waals surface area contributed by atoms with Crippen LogP contribution in [-0.4, -0.2) is 44.7 Å². The molecule has 5 nitrogen and oxygen atoms in total. The Balaban J connectivity index is 1.74. The summed E-state index contributed by atoms with van der Waals surface area (Å²) in [6.45, 7) is 6.23. The molecule has 1 aromatic heterocycles. The second kappa shape index (κ2) is 9.85. The Morgan fingerprint density at radius 2 is 1.93 bits per heavy atom. The number of aryl methyl sites for hydroxylation is 2. The van der Waals surface area contributed by atoms with E-state index in [9.17, 15) is 4.79 Å². The number of amides is 1. The van der Waals surface area contributed by atoms with Gasteiger partial charge in [-0.2, -0.15) is 0 Å². The van der Waals surface area contributed by atoms with Crippen molar-refractivity contribution >= 4 is 32.6 Å². The molecule has 0 bridgehead atoms. The molecule has 29 heavy (non-hydrogen) atoms. The number of anilines is 1. The van der Waals surface area contributed by atoms with E-state index in [0.29, 0.717) is 19.6 Å². The molecule has 0 radical (unpaired) electrons. The molecule has 154 valence electrons. The third kappa shape index (κ3) is 5.78. The average molecular weight is 413 g/mol. The van der Waals surface area contributed by atoms with Gasteiger partial charge in [-0.15, -0.1) is 0 Å². The molecule has 0 atom stereocenters. The predicted molar refractivity (Wildman–Crippen MR) is 120 cm³/mol. The molecule has 1 N–H and O–H groups in total. The molecule has 0 aliphatic heterocycles. The first-order valence-corrected chi connectivity index (χ1v) is 10.9. The fraction of sp³-hybridized carbons (Fsp3) is 0.391. The largest absolute Gasteiger partial charge is 0.493 e. The number of para-hydroxylation sites is 1. The van der Waals surface area contributed by atoms with Crippen LogP contribution in [0.5, 0.6) is 5.75 Å². The van der Waals surface area contributed by atoms with Gasteiger partial charge in [0.15, 0.2) is 5.13 Å². The summed E-state index contributed by atoms with van der Waals surface area (Å²) < 4.78 is 6.89.